The molecule has 7 aromatic carbocycles. The van der Waals surface area contributed by atoms with Crippen LogP contribution in [0.15, 0.2) is 140 Å². The lowest BCUT2D eigenvalue weighted by Crippen LogP contribution is -2.06. The molecule has 3 heterocycles. The zero-order valence-corrected chi connectivity index (χ0v) is 33.3. The van der Waals surface area contributed by atoms with Gasteiger partial charge in [0.2, 0.25) is 0 Å². The minimum Gasteiger partial charge on any atom is -0.308 e. The number of hydrogen-bond donors (Lipinski definition) is 0. The van der Waals surface area contributed by atoms with Crippen LogP contribution in [-0.4, -0.2) is 19.1 Å². The van der Waals surface area contributed by atoms with Crippen LogP contribution in [0.4, 0.5) is 0 Å². The van der Waals surface area contributed by atoms with Gasteiger partial charge in [-0.3, -0.25) is 0 Å². The average molecular weight is 792 g/mol. The maximum Gasteiger partial charge on any atom is 0.159 e. The van der Waals surface area contributed by atoms with Crippen molar-refractivity contribution in [3.05, 3.63) is 179 Å². The zero-order valence-electron chi connectivity index (χ0n) is 33.3. The van der Waals surface area contributed by atoms with Crippen molar-refractivity contribution in [3.8, 4) is 75.4 Å². The quantitative estimate of drug-likeness (QED) is 0.168. The van der Waals surface area contributed by atoms with Crippen LogP contribution in [0, 0.1) is 70.5 Å². The van der Waals surface area contributed by atoms with E-state index >= 15 is 0 Å². The second kappa shape index (κ2) is 14.5. The summed E-state index contributed by atoms with van der Waals surface area (Å²) in [4.78, 5) is 9.82. The molecule has 0 atom stereocenters. The number of nitriles is 5. The lowest BCUT2D eigenvalue weighted by Gasteiger charge is -2.18. The van der Waals surface area contributed by atoms with Gasteiger partial charge in [0.1, 0.15) is 11.6 Å². The van der Waals surface area contributed by atoms with E-state index in [4.69, 9.17) is 9.97 Å². The molecule has 0 unspecified atom stereocenters. The van der Waals surface area contributed by atoms with Crippen molar-refractivity contribution in [3.63, 3.8) is 0 Å². The summed E-state index contributed by atoms with van der Waals surface area (Å²) in [6.45, 7) is 3.87. The molecule has 9 heteroatoms. The van der Waals surface area contributed by atoms with Gasteiger partial charge in [0.05, 0.1) is 80.0 Å². The number of aromatic nitrogens is 4. The number of para-hydroxylation sites is 2. The molecule has 0 amide bonds. The highest BCUT2D eigenvalue weighted by Gasteiger charge is 2.24. The van der Waals surface area contributed by atoms with E-state index in [9.17, 15) is 26.3 Å². The smallest absolute Gasteiger partial charge is 0.159 e. The van der Waals surface area contributed by atoms with Crippen molar-refractivity contribution in [2.75, 3.05) is 0 Å². The van der Waals surface area contributed by atoms with Gasteiger partial charge in [0, 0.05) is 38.5 Å². The van der Waals surface area contributed by atoms with E-state index in [2.05, 4.69) is 51.6 Å². The minimum atomic E-state index is 0.384. The molecule has 9 nitrogen and oxygen atoms in total. The summed E-state index contributed by atoms with van der Waals surface area (Å²) in [6.07, 6.45) is 0. The normalized spacial score (nSPS) is 11.0. The lowest BCUT2D eigenvalue weighted by molar-refractivity contribution is 1.05. The molecule has 0 aliphatic heterocycles. The van der Waals surface area contributed by atoms with Crippen LogP contribution in [0.2, 0.25) is 0 Å². The van der Waals surface area contributed by atoms with Crippen molar-refractivity contribution in [1.82, 2.24) is 19.1 Å². The first kappa shape index (κ1) is 37.0. The predicted molar refractivity (Wildman–Crippen MR) is 240 cm³/mol. The molecule has 0 aliphatic rings. The van der Waals surface area contributed by atoms with Crippen LogP contribution >= 0.6 is 0 Å². The van der Waals surface area contributed by atoms with Crippen molar-refractivity contribution >= 4 is 43.6 Å². The van der Waals surface area contributed by atoms with Gasteiger partial charge in [-0.05, 0) is 115 Å². The fraction of sp³-hybridized carbons (Fsp3) is 0.0377. The highest BCUT2D eigenvalue weighted by molar-refractivity contribution is 6.12. The van der Waals surface area contributed by atoms with Crippen LogP contribution in [-0.2, 0) is 0 Å². The number of nitrogens with zero attached hydrogens (tertiary/aromatic N) is 9. The fourth-order valence-corrected chi connectivity index (χ4v) is 8.73. The molecule has 0 radical (unpaired) electrons. The number of fused-ring (bicyclic) bond motifs is 6. The number of benzene rings is 7. The van der Waals surface area contributed by atoms with Gasteiger partial charge < -0.3 is 9.13 Å². The molecule has 3 aromatic heterocycles. The Hall–Kier alpha value is -9.33. The monoisotopic (exact) mass is 791 g/mol. The van der Waals surface area contributed by atoms with Gasteiger partial charge in [-0.25, -0.2) is 9.97 Å². The van der Waals surface area contributed by atoms with Gasteiger partial charge in [0.25, 0.3) is 0 Å². The highest BCUT2D eigenvalue weighted by Crippen LogP contribution is 2.42. The molecule has 0 spiro atoms. The standard InChI is InChI=1S/C53H29N9/c1-31-15-32(2)60-53(59-31)41-24-51(61-47-9-5-3-7-42(47)44-13-11-37(22-49(44)61)39-18-33(26-54)16-34(19-39)27-55)46(30-58)52(25-41)62-48-10-6-4-8-43(48)45-14-12-38(23-50(45)62)40-20-35(28-56)17-36(21-40)29-57/h3-25H,1-2H3. The van der Waals surface area contributed by atoms with E-state index in [-0.39, 0.29) is 0 Å². The van der Waals surface area contributed by atoms with Gasteiger partial charge in [-0.1, -0.05) is 60.7 Å². The minimum absolute atomic E-state index is 0.384. The predicted octanol–water partition coefficient (Wildman–Crippen LogP) is 11.6. The Morgan fingerprint density at radius 1 is 0.371 bits per heavy atom. The fourth-order valence-electron chi connectivity index (χ4n) is 8.73. The lowest BCUT2D eigenvalue weighted by atomic mass is 9.99. The van der Waals surface area contributed by atoms with E-state index in [0.29, 0.717) is 50.6 Å². The van der Waals surface area contributed by atoms with Crippen molar-refractivity contribution in [1.29, 1.82) is 26.3 Å². The molecule has 0 fully saturated rings. The second-order valence-electron chi connectivity index (χ2n) is 15.2. The molecule has 0 aliphatic carbocycles. The SMILES string of the molecule is Cc1cc(C)nc(-c2cc(-n3c4ccccc4c4ccc(-c5cc(C#N)cc(C#N)c5)cc43)c(C#N)c(-n3c4ccccc4c4ccc(-c5cc(C#N)cc(C#N)c5)cc43)c2)n1. The average Bonchev–Trinajstić information content (AvgIpc) is 3.82. The van der Waals surface area contributed by atoms with Gasteiger partial charge in [-0.2, -0.15) is 26.3 Å². The van der Waals surface area contributed by atoms with Crippen LogP contribution in [0.25, 0.3) is 88.6 Å². The number of aryl methyl sites for hydroxylation is 2. The Labute approximate surface area is 355 Å². The van der Waals surface area contributed by atoms with Crippen LogP contribution in [0.3, 0.4) is 0 Å². The topological polar surface area (TPSA) is 155 Å². The molecule has 0 saturated carbocycles. The maximum atomic E-state index is 11.5. The summed E-state index contributed by atoms with van der Waals surface area (Å²) in [5.41, 5.74) is 11.9. The maximum absolute atomic E-state index is 11.5. The first-order chi connectivity index (χ1) is 30.3. The highest BCUT2D eigenvalue weighted by atomic mass is 15.0. The molecule has 0 bridgehead atoms. The van der Waals surface area contributed by atoms with Crippen molar-refractivity contribution in [2.24, 2.45) is 0 Å². The molecular formula is C53H29N9. The molecule has 286 valence electrons. The van der Waals surface area contributed by atoms with Crippen LogP contribution in [0.1, 0.15) is 39.2 Å². The first-order valence-corrected chi connectivity index (χ1v) is 19.7. The Kier molecular flexibility index (Phi) is 8.64. The van der Waals surface area contributed by atoms with E-state index in [0.717, 1.165) is 77.3 Å². The van der Waals surface area contributed by atoms with Gasteiger partial charge in [0.15, 0.2) is 5.82 Å². The second-order valence-corrected chi connectivity index (χ2v) is 15.2. The summed E-state index contributed by atoms with van der Waals surface area (Å²) in [5, 5.41) is 54.7. The van der Waals surface area contributed by atoms with Crippen molar-refractivity contribution in [2.45, 2.75) is 13.8 Å². The summed E-state index contributed by atoms with van der Waals surface area (Å²) < 4.78 is 4.22. The largest absolute Gasteiger partial charge is 0.308 e. The Bertz CT molecular complexity index is 3490. The van der Waals surface area contributed by atoms with Gasteiger partial charge >= 0.3 is 0 Å². The summed E-state index contributed by atoms with van der Waals surface area (Å²) >= 11 is 0. The molecule has 62 heavy (non-hydrogen) atoms. The number of rotatable bonds is 5. The number of hydrogen-bond acceptors (Lipinski definition) is 7. The third-order valence-corrected chi connectivity index (χ3v) is 11.3. The van der Waals surface area contributed by atoms with E-state index in [1.165, 1.54) is 0 Å². The molecule has 10 aromatic rings. The summed E-state index contributed by atoms with van der Waals surface area (Å²) in [6, 6.07) is 55.9. The zero-order chi connectivity index (χ0) is 42.6. The Morgan fingerprint density at radius 3 is 1.18 bits per heavy atom. The Morgan fingerprint density at radius 2 is 0.774 bits per heavy atom. The molecule has 0 saturated heterocycles. The van der Waals surface area contributed by atoms with Crippen LogP contribution < -0.4 is 0 Å². The molecule has 10 rings (SSSR count). The summed E-state index contributed by atoms with van der Waals surface area (Å²) in [5.74, 6) is 0.507. The van der Waals surface area contributed by atoms with Crippen molar-refractivity contribution < 1.29 is 0 Å². The van der Waals surface area contributed by atoms with E-state index < -0.39 is 0 Å². The Balaban J connectivity index is 1.33. The molecule has 0 N–H and O–H groups in total. The summed E-state index contributed by atoms with van der Waals surface area (Å²) in [7, 11) is 0. The molecular weight excluding hydrogens is 763 g/mol. The van der Waals surface area contributed by atoms with Crippen LogP contribution in [0.5, 0.6) is 0 Å². The van der Waals surface area contributed by atoms with Gasteiger partial charge in [-0.15, -0.1) is 0 Å². The van der Waals surface area contributed by atoms with E-state index in [1.54, 1.807) is 36.4 Å². The van der Waals surface area contributed by atoms with E-state index in [1.807, 2.05) is 105 Å². The third-order valence-electron chi connectivity index (χ3n) is 11.3. The first-order valence-electron chi connectivity index (χ1n) is 19.7. The third kappa shape index (κ3) is 5.97.